The number of halogens is 5. The number of para-hydroxylation sites is 2. The number of alkyl halides is 3. The molecular weight excluding hydrogens is 970 g/mol. The average Bonchev–Trinajstić information content (AvgIpc) is 3.28. The minimum atomic E-state index is -1.64. The molecular formula is C46H41Cl5N8O8. The molecule has 3 unspecified atom stereocenters. The summed E-state index contributed by atoms with van der Waals surface area (Å²) < 4.78 is 10.9. The van der Waals surface area contributed by atoms with Gasteiger partial charge in [-0.05, 0) is 93.1 Å². The van der Waals surface area contributed by atoms with E-state index in [2.05, 4.69) is 41.7 Å². The van der Waals surface area contributed by atoms with Gasteiger partial charge in [0.2, 0.25) is 12.1 Å². The number of ether oxygens (including phenoxy) is 2. The van der Waals surface area contributed by atoms with Crippen LogP contribution in [0.3, 0.4) is 0 Å². The summed E-state index contributed by atoms with van der Waals surface area (Å²) in [7, 11) is 2.90. The lowest BCUT2D eigenvalue weighted by atomic mass is 10.1. The number of benzene rings is 5. The number of hydrogen-bond donors (Lipinski definition) is 4. The maximum Gasteiger partial charge on any atom is 0.258 e. The average molecular weight is 1010 g/mol. The Morgan fingerprint density at radius 3 is 1.43 bits per heavy atom. The molecule has 5 rings (SSSR count). The maximum atomic E-state index is 13.5. The second-order valence-electron chi connectivity index (χ2n) is 14.4. The largest absolute Gasteiger partial charge is 0.494 e. The van der Waals surface area contributed by atoms with Crippen LogP contribution in [0, 0.1) is 0 Å². The van der Waals surface area contributed by atoms with Crippen LogP contribution in [0.1, 0.15) is 63.6 Å². The second-order valence-corrected chi connectivity index (χ2v) is 16.5. The zero-order chi connectivity index (χ0) is 48.9. The molecule has 5 aromatic carbocycles. The molecule has 4 amide bonds. The number of ketones is 2. The normalized spacial score (nSPS) is 12.5. The third-order valence-electron chi connectivity index (χ3n) is 9.52. The summed E-state index contributed by atoms with van der Waals surface area (Å²) in [5.74, 6) is -3.07. The van der Waals surface area contributed by atoms with Crippen molar-refractivity contribution in [2.75, 3.05) is 35.5 Å². The molecule has 0 aliphatic rings. The first-order chi connectivity index (χ1) is 32.0. The molecule has 0 bridgehead atoms. The Hall–Kier alpha value is -6.43. The molecule has 0 aliphatic carbocycles. The number of rotatable bonds is 19. The first-order valence-corrected chi connectivity index (χ1v) is 22.1. The van der Waals surface area contributed by atoms with Crippen LogP contribution < -0.4 is 30.7 Å². The van der Waals surface area contributed by atoms with Gasteiger partial charge in [0.1, 0.15) is 11.5 Å². The molecule has 0 saturated carbocycles. The van der Waals surface area contributed by atoms with E-state index < -0.39 is 52.7 Å². The third kappa shape index (κ3) is 13.6. The summed E-state index contributed by atoms with van der Waals surface area (Å²) in [4.78, 5) is 78.8. The van der Waals surface area contributed by atoms with E-state index in [4.69, 9.17) is 67.5 Å². The van der Waals surface area contributed by atoms with Gasteiger partial charge in [0.05, 0.1) is 54.1 Å². The Kier molecular flexibility index (Phi) is 18.3. The Morgan fingerprint density at radius 2 is 1.03 bits per heavy atom. The quantitative estimate of drug-likeness (QED) is 0.0353. The van der Waals surface area contributed by atoms with Gasteiger partial charge in [-0.3, -0.25) is 28.8 Å². The Morgan fingerprint density at radius 1 is 0.582 bits per heavy atom. The number of amides is 4. The van der Waals surface area contributed by atoms with Crippen molar-refractivity contribution in [2.45, 2.75) is 50.0 Å². The zero-order valence-electron chi connectivity index (χ0n) is 36.3. The minimum Gasteiger partial charge on any atom is -0.494 e. The highest BCUT2D eigenvalue weighted by Gasteiger charge is 2.27. The number of carbonyl (C=O) groups excluding carboxylic acids is 6. The lowest BCUT2D eigenvalue weighted by Crippen LogP contribution is -2.32. The van der Waals surface area contributed by atoms with Crippen LogP contribution >= 0.6 is 58.0 Å². The number of nitrogens with zero attached hydrogens (tertiary/aromatic N) is 4. The highest BCUT2D eigenvalue weighted by Crippen LogP contribution is 2.34. The molecule has 16 nitrogen and oxygen atoms in total. The van der Waals surface area contributed by atoms with Crippen molar-refractivity contribution in [2.24, 2.45) is 20.5 Å². The van der Waals surface area contributed by atoms with Crippen molar-refractivity contribution in [1.29, 1.82) is 0 Å². The molecule has 4 N–H and O–H groups in total. The van der Waals surface area contributed by atoms with E-state index in [1.807, 2.05) is 0 Å². The second kappa shape index (κ2) is 23.8. The maximum absolute atomic E-state index is 13.5. The molecule has 0 aromatic heterocycles. The summed E-state index contributed by atoms with van der Waals surface area (Å²) in [6, 6.07) is 19.6. The number of Topliss-reactive ketones (excluding diaryl/α,β-unsaturated/α-hetero) is 2. The highest BCUT2D eigenvalue weighted by atomic mass is 35.5. The summed E-state index contributed by atoms with van der Waals surface area (Å²) in [5, 5.41) is 26.3. The predicted octanol–water partition coefficient (Wildman–Crippen LogP) is 11.7. The third-order valence-corrected chi connectivity index (χ3v) is 10.8. The van der Waals surface area contributed by atoms with E-state index in [-0.39, 0.29) is 55.7 Å². The topological polar surface area (TPSA) is 218 Å². The summed E-state index contributed by atoms with van der Waals surface area (Å²) in [6.07, 6.45) is 0. The van der Waals surface area contributed by atoms with E-state index in [1.165, 1.54) is 68.8 Å². The van der Waals surface area contributed by atoms with Crippen molar-refractivity contribution < 1.29 is 38.2 Å². The van der Waals surface area contributed by atoms with Gasteiger partial charge in [-0.15, -0.1) is 34.8 Å². The van der Waals surface area contributed by atoms with Gasteiger partial charge < -0.3 is 30.7 Å². The van der Waals surface area contributed by atoms with Crippen molar-refractivity contribution in [3.05, 3.63) is 129 Å². The summed E-state index contributed by atoms with van der Waals surface area (Å²) >= 11 is 31.2. The van der Waals surface area contributed by atoms with Crippen LogP contribution in [-0.2, 0) is 30.9 Å². The molecule has 3 atom stereocenters. The number of nitrogens with one attached hydrogen (secondary N) is 4. The van der Waals surface area contributed by atoms with E-state index >= 15 is 0 Å². The molecule has 67 heavy (non-hydrogen) atoms. The number of azo groups is 2. The monoisotopic (exact) mass is 1010 g/mol. The Balaban J connectivity index is 1.29. The number of hydrogen-bond acceptors (Lipinski definition) is 12. The number of methoxy groups -OCH3 is 2. The highest BCUT2D eigenvalue weighted by molar-refractivity contribution is 6.32. The molecule has 0 saturated heterocycles. The first-order valence-electron chi connectivity index (χ1n) is 19.9. The Bertz CT molecular complexity index is 2790. The molecule has 0 spiro atoms. The fraction of sp³-hybridized carbons (Fsp3) is 0.217. The fourth-order valence-electron chi connectivity index (χ4n) is 6.35. The number of carbonyl (C=O) groups is 6. The van der Waals surface area contributed by atoms with E-state index in [0.717, 1.165) is 13.8 Å². The van der Waals surface area contributed by atoms with Gasteiger partial charge in [-0.2, -0.15) is 20.5 Å². The Labute approximate surface area is 409 Å². The van der Waals surface area contributed by atoms with Crippen LogP contribution in [-0.4, -0.2) is 61.5 Å². The molecule has 348 valence electrons. The smallest absolute Gasteiger partial charge is 0.258 e. The number of anilines is 4. The minimum absolute atomic E-state index is 0.0726. The molecule has 21 heteroatoms. The van der Waals surface area contributed by atoms with Gasteiger partial charge in [0.25, 0.3) is 23.6 Å². The first kappa shape index (κ1) is 51.6. The van der Waals surface area contributed by atoms with Crippen LogP contribution in [0.2, 0.25) is 10.0 Å². The molecule has 0 aliphatic heterocycles. The van der Waals surface area contributed by atoms with Crippen molar-refractivity contribution >= 4 is 127 Å². The molecule has 5 aromatic rings. The van der Waals surface area contributed by atoms with Gasteiger partial charge >= 0.3 is 0 Å². The molecule has 0 heterocycles. The lowest BCUT2D eigenvalue weighted by Gasteiger charge is -2.17. The van der Waals surface area contributed by atoms with Crippen molar-refractivity contribution in [1.82, 2.24) is 0 Å². The van der Waals surface area contributed by atoms with Crippen molar-refractivity contribution in [3.63, 3.8) is 0 Å². The van der Waals surface area contributed by atoms with Crippen LogP contribution in [0.25, 0.3) is 0 Å². The van der Waals surface area contributed by atoms with Gasteiger partial charge in [0, 0.05) is 43.7 Å². The van der Waals surface area contributed by atoms with Crippen LogP contribution in [0.15, 0.2) is 111 Å². The fourth-order valence-corrected chi connectivity index (χ4v) is 7.41. The zero-order valence-corrected chi connectivity index (χ0v) is 40.0. The standard InChI is InChI=1S/C46H41Cl5N8O8/c1-23(49)35-20-32(52-45(64)39(24(2)60)58-56-33-16-28(14-30(50)18-33)43(62)54-37-10-6-8-26(21-47)41(37)66-4)12-13-36(35)53-46(65)40(25(3)61)59-57-34-17-29(15-31(51)19-34)44(63)55-38-11-7-9-27(22-48)42(38)67-5/h6-20,23,39-40H,21-22H2,1-5H3,(H,52,64)(H,53,65)(H,54,62)(H,55,63). The SMILES string of the molecule is COc1c(CCl)cccc1NC(=O)c1cc(Cl)cc(N=NC(C(C)=O)C(=O)Nc2ccc(NC(=O)C(N=Nc3cc(Cl)cc(C(=O)Nc4cccc(CCl)c4OC)c3)C(C)=O)c(C(C)Cl)c2)c1. The predicted molar refractivity (Wildman–Crippen MR) is 260 cm³/mol. The molecule has 0 radical (unpaired) electrons. The van der Waals surface area contributed by atoms with Gasteiger partial charge in [0.15, 0.2) is 11.6 Å². The van der Waals surface area contributed by atoms with Gasteiger partial charge in [-0.1, -0.05) is 47.5 Å². The van der Waals surface area contributed by atoms with E-state index in [9.17, 15) is 28.8 Å². The molecule has 0 fully saturated rings. The summed E-state index contributed by atoms with van der Waals surface area (Å²) in [5.41, 5.74) is 3.08. The van der Waals surface area contributed by atoms with Crippen molar-refractivity contribution in [3.8, 4) is 11.5 Å². The van der Waals surface area contributed by atoms with E-state index in [0.29, 0.717) is 39.6 Å². The lowest BCUT2D eigenvalue weighted by molar-refractivity contribution is -0.127. The van der Waals surface area contributed by atoms with E-state index in [1.54, 1.807) is 43.3 Å². The van der Waals surface area contributed by atoms with Crippen LogP contribution in [0.5, 0.6) is 11.5 Å². The van der Waals surface area contributed by atoms with Gasteiger partial charge in [-0.25, -0.2) is 0 Å². The van der Waals surface area contributed by atoms with Crippen LogP contribution in [0.4, 0.5) is 34.1 Å². The summed E-state index contributed by atoms with van der Waals surface area (Å²) in [6.45, 7) is 3.91.